The van der Waals surface area contributed by atoms with E-state index in [0.717, 1.165) is 17.5 Å². The van der Waals surface area contributed by atoms with Crippen LogP contribution >= 0.6 is 11.6 Å². The fourth-order valence-corrected chi connectivity index (χ4v) is 2.62. The van der Waals surface area contributed by atoms with Gasteiger partial charge in [-0.05, 0) is 48.9 Å². The third-order valence-electron chi connectivity index (χ3n) is 2.94. The highest BCUT2D eigenvalue weighted by Gasteiger charge is 2.06. The minimum atomic E-state index is -3.24. The largest absolute Gasteiger partial charge is 0.379 e. The average Bonchev–Trinajstić information content (AvgIpc) is 2.40. The Bertz CT molecular complexity index is 697. The molecule has 0 aliphatic carbocycles. The summed E-state index contributed by atoms with van der Waals surface area (Å²) in [6.45, 7) is 2.05. The van der Waals surface area contributed by atoms with Crippen LogP contribution in [0.5, 0.6) is 0 Å². The first-order valence-corrected chi connectivity index (χ1v) is 8.70. The first-order chi connectivity index (χ1) is 9.83. The first-order valence-electron chi connectivity index (χ1n) is 6.43. The van der Waals surface area contributed by atoms with E-state index >= 15 is 0 Å². The summed E-state index contributed by atoms with van der Waals surface area (Å²) in [5, 5.41) is 4.06. The molecule has 4 nitrogen and oxygen atoms in total. The number of benzene rings is 2. The molecule has 0 aliphatic heterocycles. The van der Waals surface area contributed by atoms with Crippen molar-refractivity contribution in [3.8, 4) is 0 Å². The second kappa shape index (κ2) is 6.37. The molecule has 0 heterocycles. The Morgan fingerprint density at radius 3 is 2.00 bits per heavy atom. The van der Waals surface area contributed by atoms with Crippen LogP contribution in [0.4, 0.5) is 11.4 Å². The van der Waals surface area contributed by atoms with Gasteiger partial charge in [0.15, 0.2) is 0 Å². The van der Waals surface area contributed by atoms with Gasteiger partial charge in [0.05, 0.1) is 6.26 Å². The summed E-state index contributed by atoms with van der Waals surface area (Å²) in [4.78, 5) is 0. The zero-order chi connectivity index (χ0) is 15.5. The molecule has 0 bridgehead atoms. The lowest BCUT2D eigenvalue weighted by Gasteiger charge is -2.16. The smallest absolute Gasteiger partial charge is 0.229 e. The van der Waals surface area contributed by atoms with Crippen LogP contribution in [0.2, 0.25) is 5.02 Å². The molecule has 0 saturated carbocycles. The summed E-state index contributed by atoms with van der Waals surface area (Å²) in [7, 11) is -3.24. The molecule has 2 N–H and O–H groups in total. The van der Waals surface area contributed by atoms with E-state index in [-0.39, 0.29) is 6.04 Å². The summed E-state index contributed by atoms with van der Waals surface area (Å²) in [5.41, 5.74) is 2.58. The zero-order valence-electron chi connectivity index (χ0n) is 11.8. The molecule has 0 aromatic heterocycles. The number of anilines is 2. The minimum absolute atomic E-state index is 0.121. The van der Waals surface area contributed by atoms with Crippen molar-refractivity contribution in [2.24, 2.45) is 0 Å². The number of halogens is 1. The summed E-state index contributed by atoms with van der Waals surface area (Å²) in [5.74, 6) is 0. The van der Waals surface area contributed by atoms with Crippen LogP contribution in [-0.2, 0) is 10.0 Å². The van der Waals surface area contributed by atoms with Crippen molar-refractivity contribution < 1.29 is 8.42 Å². The van der Waals surface area contributed by atoms with Crippen molar-refractivity contribution >= 4 is 33.0 Å². The first kappa shape index (κ1) is 15.7. The number of sulfonamides is 1. The van der Waals surface area contributed by atoms with Crippen molar-refractivity contribution in [2.45, 2.75) is 13.0 Å². The molecule has 0 aliphatic rings. The van der Waals surface area contributed by atoms with Gasteiger partial charge in [-0.1, -0.05) is 23.7 Å². The number of hydrogen-bond donors (Lipinski definition) is 2. The van der Waals surface area contributed by atoms with Gasteiger partial charge in [0.1, 0.15) is 0 Å². The van der Waals surface area contributed by atoms with Gasteiger partial charge in [-0.15, -0.1) is 0 Å². The Morgan fingerprint density at radius 1 is 0.952 bits per heavy atom. The number of hydrogen-bond acceptors (Lipinski definition) is 3. The third-order valence-corrected chi connectivity index (χ3v) is 3.80. The average molecular weight is 325 g/mol. The van der Waals surface area contributed by atoms with Crippen molar-refractivity contribution in [3.63, 3.8) is 0 Å². The van der Waals surface area contributed by atoms with Gasteiger partial charge in [-0.3, -0.25) is 4.72 Å². The Labute approximate surface area is 130 Å². The van der Waals surface area contributed by atoms with E-state index < -0.39 is 10.0 Å². The minimum Gasteiger partial charge on any atom is -0.379 e. The molecule has 0 amide bonds. The van der Waals surface area contributed by atoms with Crippen molar-refractivity contribution in [2.75, 3.05) is 16.3 Å². The van der Waals surface area contributed by atoms with Gasteiger partial charge >= 0.3 is 0 Å². The summed E-state index contributed by atoms with van der Waals surface area (Å²) < 4.78 is 24.7. The Hall–Kier alpha value is -1.72. The van der Waals surface area contributed by atoms with Crippen LogP contribution < -0.4 is 10.0 Å². The van der Waals surface area contributed by atoms with E-state index in [0.29, 0.717) is 10.7 Å². The predicted octanol–water partition coefficient (Wildman–Crippen LogP) is 3.88. The molecule has 112 valence electrons. The molecule has 0 radical (unpaired) electrons. The molecule has 21 heavy (non-hydrogen) atoms. The normalized spacial score (nSPS) is 12.7. The Balaban J connectivity index is 2.04. The maximum atomic E-state index is 11.1. The number of nitrogens with one attached hydrogen (secondary N) is 2. The number of rotatable bonds is 5. The van der Waals surface area contributed by atoms with Crippen LogP contribution in [0.3, 0.4) is 0 Å². The van der Waals surface area contributed by atoms with Crippen LogP contribution in [0, 0.1) is 0 Å². The van der Waals surface area contributed by atoms with Gasteiger partial charge < -0.3 is 5.32 Å². The molecule has 6 heteroatoms. The third kappa shape index (κ3) is 4.95. The Morgan fingerprint density at radius 2 is 1.48 bits per heavy atom. The zero-order valence-corrected chi connectivity index (χ0v) is 13.4. The highest BCUT2D eigenvalue weighted by atomic mass is 35.5. The van der Waals surface area contributed by atoms with Crippen molar-refractivity contribution in [1.82, 2.24) is 0 Å². The monoisotopic (exact) mass is 324 g/mol. The molecular weight excluding hydrogens is 308 g/mol. The Kier molecular flexibility index (Phi) is 4.75. The van der Waals surface area contributed by atoms with Gasteiger partial charge in [-0.2, -0.15) is 0 Å². The van der Waals surface area contributed by atoms with E-state index in [1.807, 2.05) is 43.3 Å². The van der Waals surface area contributed by atoms with Crippen LogP contribution in [-0.4, -0.2) is 14.7 Å². The lowest BCUT2D eigenvalue weighted by molar-refractivity contribution is 0.607. The van der Waals surface area contributed by atoms with Gasteiger partial charge in [0.25, 0.3) is 0 Å². The van der Waals surface area contributed by atoms with Crippen LogP contribution in [0.15, 0.2) is 48.5 Å². The van der Waals surface area contributed by atoms with E-state index in [4.69, 9.17) is 11.6 Å². The maximum absolute atomic E-state index is 11.1. The van der Waals surface area contributed by atoms with E-state index in [1.54, 1.807) is 12.1 Å². The molecule has 0 spiro atoms. The van der Waals surface area contributed by atoms with Crippen LogP contribution in [0.25, 0.3) is 0 Å². The second-order valence-corrected chi connectivity index (χ2v) is 7.05. The highest BCUT2D eigenvalue weighted by molar-refractivity contribution is 7.92. The van der Waals surface area contributed by atoms with E-state index in [9.17, 15) is 8.42 Å². The lowest BCUT2D eigenvalue weighted by atomic mass is 10.1. The molecular formula is C15H17ClN2O2S. The second-order valence-electron chi connectivity index (χ2n) is 4.87. The lowest BCUT2D eigenvalue weighted by Crippen LogP contribution is -2.10. The molecule has 1 unspecified atom stereocenters. The summed E-state index contributed by atoms with van der Waals surface area (Å²) >= 11 is 5.87. The van der Waals surface area contributed by atoms with Crippen LogP contribution in [0.1, 0.15) is 18.5 Å². The topological polar surface area (TPSA) is 58.2 Å². The van der Waals surface area contributed by atoms with E-state index in [1.165, 1.54) is 0 Å². The van der Waals surface area contributed by atoms with Crippen molar-refractivity contribution in [1.29, 1.82) is 0 Å². The van der Waals surface area contributed by atoms with Gasteiger partial charge in [0.2, 0.25) is 10.0 Å². The van der Waals surface area contributed by atoms with E-state index in [2.05, 4.69) is 10.0 Å². The predicted molar refractivity (Wildman–Crippen MR) is 88.4 cm³/mol. The van der Waals surface area contributed by atoms with Crippen molar-refractivity contribution in [3.05, 3.63) is 59.1 Å². The van der Waals surface area contributed by atoms with Gasteiger partial charge in [-0.25, -0.2) is 8.42 Å². The quantitative estimate of drug-likeness (QED) is 0.877. The fourth-order valence-electron chi connectivity index (χ4n) is 1.93. The molecule has 0 fully saturated rings. The molecule has 1 atom stereocenters. The van der Waals surface area contributed by atoms with Gasteiger partial charge in [0, 0.05) is 22.4 Å². The summed E-state index contributed by atoms with van der Waals surface area (Å²) in [6.07, 6.45) is 1.13. The maximum Gasteiger partial charge on any atom is 0.229 e. The molecule has 0 saturated heterocycles. The highest BCUT2D eigenvalue weighted by Crippen LogP contribution is 2.22. The molecule has 2 aromatic rings. The fraction of sp³-hybridized carbons (Fsp3) is 0.200. The summed E-state index contributed by atoms with van der Waals surface area (Å²) in [6, 6.07) is 14.9. The SMILES string of the molecule is CC(Nc1ccc(NS(C)(=O)=O)cc1)c1ccc(Cl)cc1. The standard InChI is InChI=1S/C15H17ClN2O2S/c1-11(12-3-5-13(16)6-4-12)17-14-7-9-15(10-8-14)18-21(2,19)20/h3-11,17-18H,1-2H3. The molecule has 2 rings (SSSR count). The molecule has 2 aromatic carbocycles.